The van der Waals surface area contributed by atoms with Crippen LogP contribution in [0, 0.1) is 0 Å². The summed E-state index contributed by atoms with van der Waals surface area (Å²) in [5, 5.41) is 9.37. The van der Waals surface area contributed by atoms with Crippen molar-refractivity contribution in [2.45, 2.75) is 24.2 Å². The number of carboxylic acid groups (broad SMARTS) is 1. The number of carboxylic acids is 1. The lowest BCUT2D eigenvalue weighted by atomic mass is 10.1. The van der Waals surface area contributed by atoms with Crippen LogP contribution in [-0.2, 0) is 10.0 Å². The maximum atomic E-state index is 12.0. The van der Waals surface area contributed by atoms with Crippen LogP contribution >= 0.6 is 0 Å². The van der Waals surface area contributed by atoms with Crippen LogP contribution in [0.15, 0.2) is 67.0 Å². The minimum absolute atomic E-state index is 0.0463. The molecule has 2 fully saturated rings. The quantitative estimate of drug-likeness (QED) is 0.543. The number of carbonyl (C=O) groups is 1. The van der Waals surface area contributed by atoms with E-state index in [-0.39, 0.29) is 16.9 Å². The first-order chi connectivity index (χ1) is 15.4. The highest BCUT2D eigenvalue weighted by Crippen LogP contribution is 2.33. The molecule has 8 nitrogen and oxygen atoms in total. The van der Waals surface area contributed by atoms with Crippen molar-refractivity contribution in [3.8, 4) is 11.4 Å². The Morgan fingerprint density at radius 2 is 1.69 bits per heavy atom. The highest BCUT2D eigenvalue weighted by molar-refractivity contribution is 7.93. The van der Waals surface area contributed by atoms with Gasteiger partial charge in [0.15, 0.2) is 0 Å². The molecule has 166 valence electrons. The standard InChI is InChI=1S/C23H23N3O5S/c27-23(28)20-4-3-5-21(22(20)25-12-1-2-13-25)26-14-18(15-26)31-17-8-6-16(7-9-17)24-32(29,30)19-10-11-19/h1-9,12-13,18-19,24H,10-11,14-15H2,(H,27,28). The summed E-state index contributed by atoms with van der Waals surface area (Å²) in [6.07, 6.45) is 5.05. The summed E-state index contributed by atoms with van der Waals surface area (Å²) < 4.78 is 34.5. The molecule has 3 aromatic rings. The van der Waals surface area contributed by atoms with Crippen LogP contribution in [0.2, 0.25) is 0 Å². The van der Waals surface area contributed by atoms with Crippen molar-refractivity contribution in [3.63, 3.8) is 0 Å². The van der Waals surface area contributed by atoms with Crippen molar-refractivity contribution in [1.82, 2.24) is 4.57 Å². The molecule has 0 radical (unpaired) electrons. The number of aromatic carboxylic acids is 1. The summed E-state index contributed by atoms with van der Waals surface area (Å²) in [5.41, 5.74) is 2.25. The first-order valence-corrected chi connectivity index (χ1v) is 12.0. The molecule has 0 atom stereocenters. The highest BCUT2D eigenvalue weighted by Gasteiger charge is 2.36. The molecule has 1 aliphatic carbocycles. The Morgan fingerprint density at radius 1 is 1.00 bits per heavy atom. The van der Waals surface area contributed by atoms with Crippen molar-refractivity contribution >= 4 is 27.4 Å². The topological polar surface area (TPSA) is 101 Å². The molecule has 2 aliphatic rings. The van der Waals surface area contributed by atoms with Crippen molar-refractivity contribution in [1.29, 1.82) is 0 Å². The molecule has 32 heavy (non-hydrogen) atoms. The molecule has 0 bridgehead atoms. The van der Waals surface area contributed by atoms with Crippen molar-refractivity contribution in [2.24, 2.45) is 0 Å². The zero-order valence-corrected chi connectivity index (χ0v) is 18.0. The van der Waals surface area contributed by atoms with Crippen LogP contribution < -0.4 is 14.4 Å². The Kier molecular flexibility index (Phi) is 5.05. The van der Waals surface area contributed by atoms with Gasteiger partial charge in [0.1, 0.15) is 11.9 Å². The van der Waals surface area contributed by atoms with E-state index in [1.165, 1.54) is 0 Å². The highest BCUT2D eigenvalue weighted by atomic mass is 32.2. The summed E-state index contributed by atoms with van der Waals surface area (Å²) >= 11 is 0. The number of sulfonamides is 1. The smallest absolute Gasteiger partial charge is 0.337 e. The number of aromatic nitrogens is 1. The van der Waals surface area contributed by atoms with E-state index in [4.69, 9.17) is 4.74 Å². The Morgan fingerprint density at radius 3 is 2.31 bits per heavy atom. The summed E-state index contributed by atoms with van der Waals surface area (Å²) in [6.45, 7) is 1.24. The third-order valence-corrected chi connectivity index (χ3v) is 7.55. The molecule has 1 saturated heterocycles. The Hall–Kier alpha value is -3.46. The van der Waals surface area contributed by atoms with Gasteiger partial charge >= 0.3 is 5.97 Å². The van der Waals surface area contributed by atoms with E-state index in [1.807, 2.05) is 35.2 Å². The number of anilines is 2. The average Bonchev–Trinajstić information content (AvgIpc) is 3.48. The second-order valence-electron chi connectivity index (χ2n) is 8.08. The van der Waals surface area contributed by atoms with Gasteiger partial charge in [0.2, 0.25) is 10.0 Å². The molecule has 0 spiro atoms. The number of benzene rings is 2. The lowest BCUT2D eigenvalue weighted by Crippen LogP contribution is -2.54. The number of ether oxygens (including phenoxy) is 1. The van der Waals surface area contributed by atoms with Crippen LogP contribution in [0.25, 0.3) is 5.69 Å². The number of rotatable bonds is 8. The summed E-state index contributed by atoms with van der Waals surface area (Å²) in [4.78, 5) is 13.8. The maximum absolute atomic E-state index is 12.0. The van der Waals surface area contributed by atoms with Gasteiger partial charge in [-0.2, -0.15) is 0 Å². The van der Waals surface area contributed by atoms with E-state index >= 15 is 0 Å². The second kappa shape index (κ2) is 7.90. The molecular weight excluding hydrogens is 430 g/mol. The minimum atomic E-state index is -3.28. The monoisotopic (exact) mass is 453 g/mol. The Bertz CT molecular complexity index is 1230. The molecule has 1 aliphatic heterocycles. The van der Waals surface area contributed by atoms with E-state index in [0.717, 1.165) is 18.5 Å². The van der Waals surface area contributed by atoms with Crippen LogP contribution in [0.4, 0.5) is 11.4 Å². The fourth-order valence-electron chi connectivity index (χ4n) is 3.84. The van der Waals surface area contributed by atoms with Gasteiger partial charge in [-0.05, 0) is 61.4 Å². The molecule has 9 heteroatoms. The molecule has 2 N–H and O–H groups in total. The second-order valence-corrected chi connectivity index (χ2v) is 10.0. The predicted molar refractivity (Wildman–Crippen MR) is 121 cm³/mol. The summed E-state index contributed by atoms with van der Waals surface area (Å²) in [5.74, 6) is -0.310. The molecule has 5 rings (SSSR count). The van der Waals surface area contributed by atoms with Crippen LogP contribution in [0.1, 0.15) is 23.2 Å². The fourth-order valence-corrected chi connectivity index (χ4v) is 5.23. The summed E-state index contributed by atoms with van der Waals surface area (Å²) in [7, 11) is -3.28. The van der Waals surface area contributed by atoms with Gasteiger partial charge < -0.3 is 19.3 Å². The Labute approximate surface area is 186 Å². The normalized spacial score (nSPS) is 16.4. The number of para-hydroxylation sites is 1. The SMILES string of the molecule is O=C(O)c1cccc(N2CC(Oc3ccc(NS(=O)(=O)C4CC4)cc3)C2)c1-n1cccc1. The molecule has 1 saturated carbocycles. The molecule has 1 aromatic heterocycles. The summed E-state index contributed by atoms with van der Waals surface area (Å²) in [6, 6.07) is 15.9. The van der Waals surface area contributed by atoms with E-state index < -0.39 is 16.0 Å². The number of nitrogens with zero attached hydrogens (tertiary/aromatic N) is 2. The maximum Gasteiger partial charge on any atom is 0.337 e. The van der Waals surface area contributed by atoms with E-state index in [1.54, 1.807) is 36.4 Å². The van der Waals surface area contributed by atoms with E-state index in [2.05, 4.69) is 9.62 Å². The fraction of sp³-hybridized carbons (Fsp3) is 0.261. The predicted octanol–water partition coefficient (Wildman–Crippen LogP) is 3.35. The molecular formula is C23H23N3O5S. The van der Waals surface area contributed by atoms with Gasteiger partial charge in [-0.1, -0.05) is 6.07 Å². The van der Waals surface area contributed by atoms with Crippen LogP contribution in [-0.4, -0.2) is 48.5 Å². The van der Waals surface area contributed by atoms with Crippen molar-refractivity contribution in [2.75, 3.05) is 22.7 Å². The Balaban J connectivity index is 1.25. The first kappa shape index (κ1) is 20.4. The van der Waals surface area contributed by atoms with Crippen LogP contribution in [0.5, 0.6) is 5.75 Å². The van der Waals surface area contributed by atoms with Crippen molar-refractivity contribution < 1.29 is 23.1 Å². The number of nitrogens with one attached hydrogen (secondary N) is 1. The van der Waals surface area contributed by atoms with E-state index in [0.29, 0.717) is 30.2 Å². The van der Waals surface area contributed by atoms with Gasteiger partial charge in [0.25, 0.3) is 0 Å². The zero-order chi connectivity index (χ0) is 22.3. The minimum Gasteiger partial charge on any atom is -0.487 e. The van der Waals surface area contributed by atoms with Crippen molar-refractivity contribution in [3.05, 3.63) is 72.6 Å². The third kappa shape index (κ3) is 4.03. The average molecular weight is 454 g/mol. The molecule has 0 amide bonds. The molecule has 2 heterocycles. The van der Waals surface area contributed by atoms with Gasteiger partial charge in [-0.3, -0.25) is 4.72 Å². The van der Waals surface area contributed by atoms with Gasteiger partial charge in [0, 0.05) is 18.1 Å². The van der Waals surface area contributed by atoms with Gasteiger partial charge in [0.05, 0.1) is 35.3 Å². The molecule has 0 unspecified atom stereocenters. The number of hydrogen-bond acceptors (Lipinski definition) is 5. The lowest BCUT2D eigenvalue weighted by Gasteiger charge is -2.41. The largest absolute Gasteiger partial charge is 0.487 e. The van der Waals surface area contributed by atoms with Gasteiger partial charge in [-0.25, -0.2) is 13.2 Å². The number of hydrogen-bond donors (Lipinski definition) is 2. The van der Waals surface area contributed by atoms with Gasteiger partial charge in [-0.15, -0.1) is 0 Å². The van der Waals surface area contributed by atoms with E-state index in [9.17, 15) is 18.3 Å². The third-order valence-electron chi connectivity index (χ3n) is 5.68. The molecule has 2 aromatic carbocycles. The first-order valence-electron chi connectivity index (χ1n) is 10.4. The zero-order valence-electron chi connectivity index (χ0n) is 17.2. The van der Waals surface area contributed by atoms with Crippen LogP contribution in [0.3, 0.4) is 0 Å². The lowest BCUT2D eigenvalue weighted by molar-refractivity contribution is 0.0697.